The summed E-state index contributed by atoms with van der Waals surface area (Å²) in [6.45, 7) is 8.27. The van der Waals surface area contributed by atoms with Crippen LogP contribution in [0.2, 0.25) is 0 Å². The van der Waals surface area contributed by atoms with Gasteiger partial charge in [-0.2, -0.15) is 0 Å². The normalized spacial score (nSPS) is 15.8. The summed E-state index contributed by atoms with van der Waals surface area (Å²) >= 11 is 0. The van der Waals surface area contributed by atoms with Crippen LogP contribution in [0.15, 0.2) is 109 Å². The molecule has 0 saturated carbocycles. The third kappa shape index (κ3) is 5.01. The van der Waals surface area contributed by atoms with Gasteiger partial charge in [-0.15, -0.1) is 0 Å². The van der Waals surface area contributed by atoms with E-state index < -0.39 is 18.3 Å². The van der Waals surface area contributed by atoms with Gasteiger partial charge < -0.3 is 9.31 Å². The molecule has 0 radical (unpaired) electrons. The lowest BCUT2D eigenvalue weighted by Crippen LogP contribution is -2.41. The maximum atomic E-state index is 6.44. The predicted octanol–water partition coefficient (Wildman–Crippen LogP) is 6.84. The zero-order valence-electron chi connectivity index (χ0n) is 22.6. The molecule has 0 bridgehead atoms. The summed E-state index contributed by atoms with van der Waals surface area (Å²) in [5.41, 5.74) is 4.90. The molecule has 5 nitrogen and oxygen atoms in total. The van der Waals surface area contributed by atoms with E-state index in [4.69, 9.17) is 24.3 Å². The monoisotopic (exact) mass is 511 g/mol. The van der Waals surface area contributed by atoms with Gasteiger partial charge in [-0.05, 0) is 50.4 Å². The molecule has 192 valence electrons. The number of aromatic nitrogens is 3. The quantitative estimate of drug-likeness (QED) is 0.242. The van der Waals surface area contributed by atoms with Crippen LogP contribution in [0.25, 0.3) is 45.3 Å². The molecule has 1 saturated heterocycles. The van der Waals surface area contributed by atoms with Crippen LogP contribution in [0.3, 0.4) is 0 Å². The molecule has 6 heteroatoms. The van der Waals surface area contributed by atoms with Crippen LogP contribution < -0.4 is 5.46 Å². The van der Waals surface area contributed by atoms with Gasteiger partial charge in [-0.1, -0.05) is 103 Å². The Morgan fingerprint density at radius 2 is 0.846 bits per heavy atom. The fourth-order valence-corrected chi connectivity index (χ4v) is 4.63. The molecule has 0 amide bonds. The van der Waals surface area contributed by atoms with Crippen molar-refractivity contribution in [2.75, 3.05) is 0 Å². The van der Waals surface area contributed by atoms with Crippen molar-refractivity contribution in [3.8, 4) is 45.3 Å². The van der Waals surface area contributed by atoms with Gasteiger partial charge in [0.2, 0.25) is 0 Å². The highest BCUT2D eigenvalue weighted by atomic mass is 16.7. The molecule has 0 atom stereocenters. The summed E-state index contributed by atoms with van der Waals surface area (Å²) in [5.74, 6) is 1.85. The smallest absolute Gasteiger partial charge is 0.399 e. The molecule has 39 heavy (non-hydrogen) atoms. The van der Waals surface area contributed by atoms with Gasteiger partial charge in [0.05, 0.1) is 11.2 Å². The molecule has 1 fully saturated rings. The Balaban J connectivity index is 1.54. The van der Waals surface area contributed by atoms with Gasteiger partial charge in [0.1, 0.15) is 0 Å². The summed E-state index contributed by atoms with van der Waals surface area (Å²) in [5, 5.41) is 0. The molecule has 5 aromatic rings. The minimum Gasteiger partial charge on any atom is -0.399 e. The second-order valence-electron chi connectivity index (χ2n) is 10.8. The summed E-state index contributed by atoms with van der Waals surface area (Å²) in [4.78, 5) is 14.8. The third-order valence-corrected chi connectivity index (χ3v) is 7.55. The highest BCUT2D eigenvalue weighted by Crippen LogP contribution is 2.37. The molecular formula is C33H30BN3O2. The van der Waals surface area contributed by atoms with Crippen molar-refractivity contribution < 1.29 is 9.31 Å². The van der Waals surface area contributed by atoms with E-state index in [1.54, 1.807) is 0 Å². The minimum atomic E-state index is -0.513. The van der Waals surface area contributed by atoms with Crippen LogP contribution in [0.5, 0.6) is 0 Å². The van der Waals surface area contributed by atoms with Crippen molar-refractivity contribution in [1.29, 1.82) is 0 Å². The first-order valence-corrected chi connectivity index (χ1v) is 13.2. The van der Waals surface area contributed by atoms with Gasteiger partial charge >= 0.3 is 7.12 Å². The molecule has 1 aromatic heterocycles. The molecule has 6 rings (SSSR count). The highest BCUT2D eigenvalue weighted by molar-refractivity contribution is 6.62. The molecule has 1 aliphatic rings. The topological polar surface area (TPSA) is 57.1 Å². The molecule has 0 aliphatic carbocycles. The van der Waals surface area contributed by atoms with Crippen molar-refractivity contribution >= 4 is 12.6 Å². The zero-order valence-corrected chi connectivity index (χ0v) is 22.6. The first kappa shape index (κ1) is 25.2. The molecule has 0 N–H and O–H groups in total. The molecule has 2 heterocycles. The summed E-state index contributed by atoms with van der Waals surface area (Å²) in [6, 6.07) is 36.7. The number of benzene rings is 4. The van der Waals surface area contributed by atoms with E-state index in [0.717, 1.165) is 33.3 Å². The Bertz CT molecular complexity index is 1530. The molecule has 1 aliphatic heterocycles. The fourth-order valence-electron chi connectivity index (χ4n) is 4.63. The maximum absolute atomic E-state index is 6.44. The minimum absolute atomic E-state index is 0.450. The fraction of sp³-hybridized carbons (Fsp3) is 0.182. The molecule has 4 aromatic carbocycles. The molecular weight excluding hydrogens is 481 g/mol. The van der Waals surface area contributed by atoms with Crippen molar-refractivity contribution in [1.82, 2.24) is 15.0 Å². The van der Waals surface area contributed by atoms with E-state index in [0.29, 0.717) is 17.5 Å². The Labute approximate surface area is 230 Å². The van der Waals surface area contributed by atoms with Crippen LogP contribution in [0, 0.1) is 0 Å². The van der Waals surface area contributed by atoms with Gasteiger partial charge in [0, 0.05) is 16.7 Å². The van der Waals surface area contributed by atoms with E-state index in [9.17, 15) is 0 Å². The van der Waals surface area contributed by atoms with Gasteiger partial charge in [-0.3, -0.25) is 0 Å². The van der Waals surface area contributed by atoms with Gasteiger partial charge in [-0.25, -0.2) is 15.0 Å². The third-order valence-electron chi connectivity index (χ3n) is 7.55. The second-order valence-corrected chi connectivity index (χ2v) is 10.8. The Kier molecular flexibility index (Phi) is 6.38. The maximum Gasteiger partial charge on any atom is 0.494 e. The van der Waals surface area contributed by atoms with Gasteiger partial charge in [0.25, 0.3) is 0 Å². The number of hydrogen-bond acceptors (Lipinski definition) is 5. The van der Waals surface area contributed by atoms with Crippen LogP contribution >= 0.6 is 0 Å². The average molecular weight is 511 g/mol. The Morgan fingerprint density at radius 1 is 0.462 bits per heavy atom. The largest absolute Gasteiger partial charge is 0.494 e. The van der Waals surface area contributed by atoms with E-state index in [1.165, 1.54) is 0 Å². The SMILES string of the molecule is CC1(C)OB(c2cc(-c3ccccc3)cc(-c3nc(-c4ccccc4)nc(-c4ccccc4)n3)c2)OC1(C)C. The lowest BCUT2D eigenvalue weighted by atomic mass is 9.77. The highest BCUT2D eigenvalue weighted by Gasteiger charge is 2.51. The van der Waals surface area contributed by atoms with E-state index in [1.807, 2.05) is 78.9 Å². The van der Waals surface area contributed by atoms with Crippen LogP contribution in [0.1, 0.15) is 27.7 Å². The van der Waals surface area contributed by atoms with Crippen LogP contribution in [0.4, 0.5) is 0 Å². The lowest BCUT2D eigenvalue weighted by Gasteiger charge is -2.32. The zero-order chi connectivity index (χ0) is 27.0. The number of hydrogen-bond donors (Lipinski definition) is 0. The van der Waals surface area contributed by atoms with Crippen molar-refractivity contribution in [2.45, 2.75) is 38.9 Å². The predicted molar refractivity (Wildman–Crippen MR) is 157 cm³/mol. The Hall–Kier alpha value is -4.13. The standard InChI is InChI=1S/C33H30BN3O2/c1-32(2)33(3,4)39-34(38-32)28-21-26(23-14-8-5-9-15-23)20-27(22-28)31-36-29(24-16-10-6-11-17-24)35-30(37-31)25-18-12-7-13-19-25/h5-22H,1-4H3. The van der Waals surface area contributed by atoms with E-state index >= 15 is 0 Å². The summed E-state index contributed by atoms with van der Waals surface area (Å²) < 4.78 is 12.9. The van der Waals surface area contributed by atoms with E-state index in [-0.39, 0.29) is 0 Å². The van der Waals surface area contributed by atoms with Crippen molar-refractivity contribution in [2.24, 2.45) is 0 Å². The average Bonchev–Trinajstić information content (AvgIpc) is 3.20. The van der Waals surface area contributed by atoms with Crippen molar-refractivity contribution in [3.63, 3.8) is 0 Å². The second kappa shape index (κ2) is 9.88. The van der Waals surface area contributed by atoms with Gasteiger partial charge in [0.15, 0.2) is 17.5 Å². The number of nitrogens with zero attached hydrogens (tertiary/aromatic N) is 3. The van der Waals surface area contributed by atoms with Crippen LogP contribution in [-0.4, -0.2) is 33.3 Å². The summed E-state index contributed by atoms with van der Waals surface area (Å²) in [7, 11) is -0.513. The Morgan fingerprint density at radius 3 is 1.31 bits per heavy atom. The van der Waals surface area contributed by atoms with Crippen molar-refractivity contribution in [3.05, 3.63) is 109 Å². The molecule has 0 spiro atoms. The first-order valence-electron chi connectivity index (χ1n) is 13.2. The first-order chi connectivity index (χ1) is 18.8. The lowest BCUT2D eigenvalue weighted by molar-refractivity contribution is 0.00578. The molecule has 0 unspecified atom stereocenters. The number of rotatable bonds is 5. The van der Waals surface area contributed by atoms with E-state index in [2.05, 4.69) is 58.0 Å². The van der Waals surface area contributed by atoms with Crippen LogP contribution in [-0.2, 0) is 9.31 Å². The summed E-state index contributed by atoms with van der Waals surface area (Å²) in [6.07, 6.45) is 0.